The summed E-state index contributed by atoms with van der Waals surface area (Å²) in [5.74, 6) is 0. The zero-order valence-electron chi connectivity index (χ0n) is 18.1. The predicted octanol–water partition coefficient (Wildman–Crippen LogP) is 3.02. The number of hydrogen-bond acceptors (Lipinski definition) is 4. The highest BCUT2D eigenvalue weighted by atomic mass is 32.2. The molecule has 1 saturated carbocycles. The third kappa shape index (κ3) is 3.05. The van der Waals surface area contributed by atoms with Crippen LogP contribution < -0.4 is 5.32 Å². The molecule has 30 heavy (non-hydrogen) atoms. The standard InChI is InChI=1S/C23H32N4O2S/c1-16-20(15-26(3)25-16)30(28,29)27-19-14-23(2)21(11-7-8-12-22(23)27)24-18(19)13-17-9-5-4-6-10-17/h4-6,9-10,15,18-19,21-22,24H,7-8,11-14H2,1-3H3/t18-,19+,21-,22+,23-/m1/s1. The molecule has 0 radical (unpaired) electrons. The fraction of sp³-hybridized carbons (Fsp3) is 0.609. The molecule has 0 amide bonds. The SMILES string of the molecule is Cc1nn(C)cc1S(=O)(=O)N1[C@H]2CCCC[C@H]3N[C@H](Cc4ccccc4)[C@@H]1C[C@@]23C. The van der Waals surface area contributed by atoms with Gasteiger partial charge in [0.15, 0.2) is 0 Å². The fourth-order valence-electron chi connectivity index (χ4n) is 6.36. The fourth-order valence-corrected chi connectivity index (χ4v) is 8.55. The molecule has 1 aliphatic carbocycles. The zero-order valence-corrected chi connectivity index (χ0v) is 18.9. The summed E-state index contributed by atoms with van der Waals surface area (Å²) in [6.07, 6.45) is 7.78. The molecule has 2 aromatic rings. The van der Waals surface area contributed by atoms with Crippen molar-refractivity contribution in [2.75, 3.05) is 0 Å². The molecule has 1 N–H and O–H groups in total. The van der Waals surface area contributed by atoms with E-state index in [1.54, 1.807) is 24.9 Å². The molecule has 5 rings (SSSR count). The number of rotatable bonds is 4. The van der Waals surface area contributed by atoms with Crippen LogP contribution >= 0.6 is 0 Å². The van der Waals surface area contributed by atoms with Crippen molar-refractivity contribution in [3.8, 4) is 0 Å². The summed E-state index contributed by atoms with van der Waals surface area (Å²) >= 11 is 0. The van der Waals surface area contributed by atoms with E-state index >= 15 is 0 Å². The number of aryl methyl sites for hydroxylation is 2. The Morgan fingerprint density at radius 3 is 2.63 bits per heavy atom. The monoisotopic (exact) mass is 428 g/mol. The van der Waals surface area contributed by atoms with Gasteiger partial charge >= 0.3 is 0 Å². The number of aromatic nitrogens is 2. The summed E-state index contributed by atoms with van der Waals surface area (Å²) in [7, 11) is -1.83. The second-order valence-electron chi connectivity index (χ2n) is 9.68. The van der Waals surface area contributed by atoms with E-state index in [0.29, 0.717) is 16.6 Å². The number of sulfonamides is 1. The molecule has 2 saturated heterocycles. The summed E-state index contributed by atoms with van der Waals surface area (Å²) in [4.78, 5) is 0.361. The third-order valence-corrected chi connectivity index (χ3v) is 9.80. The van der Waals surface area contributed by atoms with E-state index in [-0.39, 0.29) is 23.5 Å². The highest BCUT2D eigenvalue weighted by molar-refractivity contribution is 7.89. The van der Waals surface area contributed by atoms with Crippen LogP contribution in [0, 0.1) is 12.3 Å². The van der Waals surface area contributed by atoms with Gasteiger partial charge in [0, 0.05) is 42.8 Å². The van der Waals surface area contributed by atoms with Gasteiger partial charge in [-0.3, -0.25) is 4.68 Å². The van der Waals surface area contributed by atoms with Gasteiger partial charge in [0.1, 0.15) is 4.90 Å². The van der Waals surface area contributed by atoms with Crippen LogP contribution in [0.2, 0.25) is 0 Å². The van der Waals surface area contributed by atoms with Crippen molar-refractivity contribution in [2.45, 2.75) is 81.4 Å². The second-order valence-corrected chi connectivity index (χ2v) is 11.5. The van der Waals surface area contributed by atoms with E-state index in [9.17, 15) is 8.42 Å². The molecule has 1 aromatic carbocycles. The summed E-state index contributed by atoms with van der Waals surface area (Å²) in [6.45, 7) is 4.12. The van der Waals surface area contributed by atoms with E-state index in [1.807, 2.05) is 10.4 Å². The molecular formula is C23H32N4O2S. The minimum absolute atomic E-state index is 0.0163. The normalized spacial score (nSPS) is 34.1. The van der Waals surface area contributed by atoms with Crippen LogP contribution in [0.4, 0.5) is 0 Å². The Kier molecular flexibility index (Phi) is 4.84. The molecule has 2 bridgehead atoms. The maximum absolute atomic E-state index is 14.0. The van der Waals surface area contributed by atoms with Crippen LogP contribution in [0.3, 0.4) is 0 Å². The lowest BCUT2D eigenvalue weighted by atomic mass is 9.70. The Morgan fingerprint density at radius 2 is 1.93 bits per heavy atom. The number of fused-ring (bicyclic) bond motifs is 1. The molecule has 5 atom stereocenters. The third-order valence-electron chi connectivity index (χ3n) is 7.76. The highest BCUT2D eigenvalue weighted by Gasteiger charge is 2.62. The van der Waals surface area contributed by atoms with E-state index < -0.39 is 10.0 Å². The van der Waals surface area contributed by atoms with Crippen LogP contribution in [0.15, 0.2) is 41.4 Å². The van der Waals surface area contributed by atoms with Gasteiger partial charge in [0.25, 0.3) is 0 Å². The largest absolute Gasteiger partial charge is 0.309 e. The molecule has 3 heterocycles. The highest BCUT2D eigenvalue weighted by Crippen LogP contribution is 2.54. The topological polar surface area (TPSA) is 67.2 Å². The first-order valence-corrected chi connectivity index (χ1v) is 12.6. The average Bonchev–Trinajstić information content (AvgIpc) is 3.13. The van der Waals surface area contributed by atoms with Crippen molar-refractivity contribution >= 4 is 10.0 Å². The molecule has 2 aliphatic heterocycles. The minimum atomic E-state index is -3.62. The Bertz CT molecular complexity index is 1030. The van der Waals surface area contributed by atoms with Crippen molar-refractivity contribution in [1.82, 2.24) is 19.4 Å². The van der Waals surface area contributed by atoms with Crippen LogP contribution in [-0.4, -0.2) is 46.7 Å². The van der Waals surface area contributed by atoms with Crippen LogP contribution in [0.25, 0.3) is 0 Å². The molecule has 6 nitrogen and oxygen atoms in total. The van der Waals surface area contributed by atoms with E-state index in [2.05, 4.69) is 41.6 Å². The first-order valence-electron chi connectivity index (χ1n) is 11.1. The number of piperidine rings is 1. The molecule has 0 spiro atoms. The molecule has 1 aromatic heterocycles. The van der Waals surface area contributed by atoms with Crippen molar-refractivity contribution in [3.05, 3.63) is 47.8 Å². The molecule has 162 valence electrons. The number of benzene rings is 1. The first kappa shape index (κ1) is 20.2. The quantitative estimate of drug-likeness (QED) is 0.813. The summed E-state index contributed by atoms with van der Waals surface area (Å²) in [5.41, 5.74) is 1.83. The van der Waals surface area contributed by atoms with Gasteiger partial charge in [-0.25, -0.2) is 8.42 Å². The van der Waals surface area contributed by atoms with Gasteiger partial charge in [0.05, 0.1) is 5.69 Å². The van der Waals surface area contributed by atoms with Gasteiger partial charge in [-0.1, -0.05) is 50.1 Å². The van der Waals surface area contributed by atoms with Gasteiger partial charge in [0.2, 0.25) is 10.0 Å². The summed E-state index contributed by atoms with van der Waals surface area (Å²) in [5, 5.41) is 8.25. The Morgan fingerprint density at radius 1 is 1.20 bits per heavy atom. The van der Waals surface area contributed by atoms with Crippen LogP contribution in [-0.2, 0) is 23.5 Å². The lowest BCUT2D eigenvalue weighted by Crippen LogP contribution is -2.57. The van der Waals surface area contributed by atoms with E-state index in [1.165, 1.54) is 5.56 Å². The van der Waals surface area contributed by atoms with Gasteiger partial charge < -0.3 is 5.32 Å². The van der Waals surface area contributed by atoms with E-state index in [4.69, 9.17) is 0 Å². The lowest BCUT2D eigenvalue weighted by Gasteiger charge is -2.43. The molecule has 3 aliphatic rings. The van der Waals surface area contributed by atoms with Gasteiger partial charge in [-0.15, -0.1) is 0 Å². The maximum Gasteiger partial charge on any atom is 0.247 e. The number of nitrogens with one attached hydrogen (secondary N) is 1. The predicted molar refractivity (Wildman–Crippen MR) is 117 cm³/mol. The van der Waals surface area contributed by atoms with Crippen LogP contribution in [0.5, 0.6) is 0 Å². The van der Waals surface area contributed by atoms with Gasteiger partial charge in [-0.2, -0.15) is 9.40 Å². The maximum atomic E-state index is 14.0. The van der Waals surface area contributed by atoms with Crippen molar-refractivity contribution in [3.63, 3.8) is 0 Å². The molecule has 3 fully saturated rings. The summed E-state index contributed by atoms with van der Waals surface area (Å²) < 4.78 is 31.5. The van der Waals surface area contributed by atoms with E-state index in [0.717, 1.165) is 38.5 Å². The smallest absolute Gasteiger partial charge is 0.247 e. The molecule has 0 unspecified atom stereocenters. The average molecular weight is 429 g/mol. The van der Waals surface area contributed by atoms with Gasteiger partial charge in [-0.05, 0) is 38.2 Å². The Labute approximate surface area is 179 Å². The number of hydrogen-bond donors (Lipinski definition) is 1. The molecular weight excluding hydrogens is 396 g/mol. The molecule has 7 heteroatoms. The van der Waals surface area contributed by atoms with Crippen molar-refractivity contribution in [1.29, 1.82) is 0 Å². The number of nitrogens with zero attached hydrogens (tertiary/aromatic N) is 3. The Balaban J connectivity index is 1.59. The lowest BCUT2D eigenvalue weighted by molar-refractivity contribution is 0.144. The zero-order chi connectivity index (χ0) is 21.1. The minimum Gasteiger partial charge on any atom is -0.309 e. The first-order chi connectivity index (χ1) is 14.3. The van der Waals surface area contributed by atoms with Crippen molar-refractivity contribution < 1.29 is 8.42 Å². The summed E-state index contributed by atoms with van der Waals surface area (Å²) in [6, 6.07) is 11.0. The second kappa shape index (κ2) is 7.18. The Hall–Kier alpha value is -1.70. The van der Waals surface area contributed by atoms with Crippen LogP contribution in [0.1, 0.15) is 50.3 Å². The van der Waals surface area contributed by atoms with Crippen molar-refractivity contribution in [2.24, 2.45) is 12.5 Å².